The number of nitrogens with two attached hydrogens (primary N) is 1. The van der Waals surface area contributed by atoms with Gasteiger partial charge < -0.3 is 5.73 Å². The molecular weight excluding hydrogens is 146 g/mol. The second kappa shape index (κ2) is 2.25. The first-order valence-corrected chi connectivity index (χ1v) is 5.58. The molecule has 0 aromatic rings. The van der Waals surface area contributed by atoms with E-state index >= 15 is 0 Å². The van der Waals surface area contributed by atoms with Gasteiger partial charge in [0.15, 0.2) is 0 Å². The standard InChI is InChI=1S/C11H19N/c12-10-8-3-4-9(7-8)11(10)5-1-2-6-11/h8-10H,1-7,12H2/t8-,9+,10+/m1/s1. The average molecular weight is 165 g/mol. The molecule has 0 heterocycles. The predicted octanol–water partition coefficient (Wildman–Crippen LogP) is 2.30. The highest BCUT2D eigenvalue weighted by atomic mass is 14.8. The maximum Gasteiger partial charge on any atom is 0.0127 e. The molecule has 3 saturated carbocycles. The van der Waals surface area contributed by atoms with Crippen molar-refractivity contribution in [2.24, 2.45) is 23.0 Å². The van der Waals surface area contributed by atoms with Crippen LogP contribution in [-0.2, 0) is 0 Å². The summed E-state index contributed by atoms with van der Waals surface area (Å²) in [6.07, 6.45) is 10.2. The van der Waals surface area contributed by atoms with Gasteiger partial charge in [0.05, 0.1) is 0 Å². The fourth-order valence-electron chi connectivity index (χ4n) is 4.38. The molecule has 1 heteroatoms. The Hall–Kier alpha value is -0.0400. The Kier molecular flexibility index (Phi) is 1.39. The average Bonchev–Trinajstić information content (AvgIpc) is 2.75. The molecule has 3 fully saturated rings. The molecule has 0 radical (unpaired) electrons. The summed E-state index contributed by atoms with van der Waals surface area (Å²) in [5.41, 5.74) is 7.00. The zero-order valence-electron chi connectivity index (χ0n) is 7.76. The van der Waals surface area contributed by atoms with E-state index < -0.39 is 0 Å². The minimum Gasteiger partial charge on any atom is -0.327 e. The second-order valence-corrected chi connectivity index (χ2v) is 5.24. The zero-order valence-corrected chi connectivity index (χ0v) is 7.76. The minimum atomic E-state index is 0.582. The van der Waals surface area contributed by atoms with E-state index in [-0.39, 0.29) is 0 Å². The topological polar surface area (TPSA) is 26.0 Å². The molecule has 0 amide bonds. The zero-order chi connectivity index (χ0) is 8.18. The molecule has 0 saturated heterocycles. The van der Waals surface area contributed by atoms with Crippen molar-refractivity contribution < 1.29 is 0 Å². The van der Waals surface area contributed by atoms with E-state index in [0.717, 1.165) is 11.8 Å². The third-order valence-corrected chi connectivity index (χ3v) is 4.99. The van der Waals surface area contributed by atoms with Gasteiger partial charge in [-0.05, 0) is 49.4 Å². The summed E-state index contributed by atoms with van der Waals surface area (Å²) in [6, 6.07) is 0.582. The Labute approximate surface area is 74.7 Å². The lowest BCUT2D eigenvalue weighted by Crippen LogP contribution is -2.44. The Balaban J connectivity index is 1.94. The van der Waals surface area contributed by atoms with Crippen LogP contribution in [-0.4, -0.2) is 6.04 Å². The van der Waals surface area contributed by atoms with Crippen LogP contribution in [0.15, 0.2) is 0 Å². The molecule has 3 rings (SSSR count). The third kappa shape index (κ3) is 0.693. The van der Waals surface area contributed by atoms with Crippen molar-refractivity contribution >= 4 is 0 Å². The first-order valence-electron chi connectivity index (χ1n) is 5.58. The normalized spacial score (nSPS) is 49.2. The molecule has 3 aliphatic carbocycles. The molecule has 3 aliphatic rings. The number of hydrogen-bond acceptors (Lipinski definition) is 1. The van der Waals surface area contributed by atoms with Crippen LogP contribution in [0.1, 0.15) is 44.9 Å². The van der Waals surface area contributed by atoms with Crippen LogP contribution >= 0.6 is 0 Å². The molecular formula is C11H19N. The lowest BCUT2D eigenvalue weighted by atomic mass is 9.69. The van der Waals surface area contributed by atoms with E-state index in [1.807, 2.05) is 0 Å². The number of hydrogen-bond donors (Lipinski definition) is 1. The van der Waals surface area contributed by atoms with E-state index in [1.54, 1.807) is 0 Å². The van der Waals surface area contributed by atoms with Crippen LogP contribution in [0.4, 0.5) is 0 Å². The van der Waals surface area contributed by atoms with Crippen LogP contribution in [0.3, 0.4) is 0 Å². The first-order chi connectivity index (χ1) is 5.83. The molecule has 1 nitrogen and oxygen atoms in total. The predicted molar refractivity (Wildman–Crippen MR) is 49.7 cm³/mol. The second-order valence-electron chi connectivity index (χ2n) is 5.24. The maximum atomic E-state index is 6.36. The Morgan fingerprint density at radius 1 is 1.08 bits per heavy atom. The molecule has 0 aliphatic heterocycles. The fraction of sp³-hybridized carbons (Fsp3) is 1.00. The van der Waals surface area contributed by atoms with Crippen molar-refractivity contribution in [1.29, 1.82) is 0 Å². The molecule has 1 spiro atoms. The van der Waals surface area contributed by atoms with E-state index in [2.05, 4.69) is 0 Å². The fourth-order valence-corrected chi connectivity index (χ4v) is 4.38. The Morgan fingerprint density at radius 3 is 2.42 bits per heavy atom. The first kappa shape index (κ1) is 7.37. The third-order valence-electron chi connectivity index (χ3n) is 4.99. The van der Waals surface area contributed by atoms with Gasteiger partial charge in [0.1, 0.15) is 0 Å². The molecule has 3 atom stereocenters. The van der Waals surface area contributed by atoms with Gasteiger partial charge in [-0.15, -0.1) is 0 Å². The largest absolute Gasteiger partial charge is 0.327 e. The van der Waals surface area contributed by atoms with Crippen molar-refractivity contribution in [3.8, 4) is 0 Å². The van der Waals surface area contributed by atoms with E-state index in [0.29, 0.717) is 11.5 Å². The van der Waals surface area contributed by atoms with Gasteiger partial charge >= 0.3 is 0 Å². The molecule has 12 heavy (non-hydrogen) atoms. The van der Waals surface area contributed by atoms with Crippen molar-refractivity contribution in [3.05, 3.63) is 0 Å². The van der Waals surface area contributed by atoms with Crippen LogP contribution < -0.4 is 5.73 Å². The van der Waals surface area contributed by atoms with E-state index in [9.17, 15) is 0 Å². The van der Waals surface area contributed by atoms with Crippen molar-refractivity contribution in [3.63, 3.8) is 0 Å². The van der Waals surface area contributed by atoms with Gasteiger partial charge in [-0.3, -0.25) is 0 Å². The van der Waals surface area contributed by atoms with Gasteiger partial charge in [0.2, 0.25) is 0 Å². The highest BCUT2D eigenvalue weighted by molar-refractivity contribution is 5.09. The van der Waals surface area contributed by atoms with Crippen LogP contribution in [0, 0.1) is 17.3 Å². The highest BCUT2D eigenvalue weighted by Gasteiger charge is 2.56. The van der Waals surface area contributed by atoms with Crippen LogP contribution in [0.5, 0.6) is 0 Å². The van der Waals surface area contributed by atoms with Crippen LogP contribution in [0.25, 0.3) is 0 Å². The highest BCUT2D eigenvalue weighted by Crippen LogP contribution is 2.61. The van der Waals surface area contributed by atoms with Gasteiger partial charge in [0, 0.05) is 6.04 Å². The number of rotatable bonds is 0. The summed E-state index contributed by atoms with van der Waals surface area (Å²) in [7, 11) is 0. The van der Waals surface area contributed by atoms with E-state index in [4.69, 9.17) is 5.73 Å². The van der Waals surface area contributed by atoms with Crippen LogP contribution in [0.2, 0.25) is 0 Å². The minimum absolute atomic E-state index is 0.582. The molecule has 68 valence electrons. The summed E-state index contributed by atoms with van der Waals surface area (Å²) in [6.45, 7) is 0. The van der Waals surface area contributed by atoms with Crippen molar-refractivity contribution in [2.75, 3.05) is 0 Å². The molecule has 2 bridgehead atoms. The number of fused-ring (bicyclic) bond motifs is 3. The Morgan fingerprint density at radius 2 is 1.83 bits per heavy atom. The quantitative estimate of drug-likeness (QED) is 0.585. The maximum absolute atomic E-state index is 6.36. The van der Waals surface area contributed by atoms with E-state index in [1.165, 1.54) is 44.9 Å². The molecule has 2 N–H and O–H groups in total. The van der Waals surface area contributed by atoms with Gasteiger partial charge in [0.25, 0.3) is 0 Å². The van der Waals surface area contributed by atoms with Crippen molar-refractivity contribution in [1.82, 2.24) is 0 Å². The summed E-state index contributed by atoms with van der Waals surface area (Å²) < 4.78 is 0. The molecule has 0 aromatic carbocycles. The summed E-state index contributed by atoms with van der Waals surface area (Å²) in [4.78, 5) is 0. The van der Waals surface area contributed by atoms with Gasteiger partial charge in [-0.25, -0.2) is 0 Å². The summed E-state index contributed by atoms with van der Waals surface area (Å²) >= 11 is 0. The summed E-state index contributed by atoms with van der Waals surface area (Å²) in [5, 5.41) is 0. The summed E-state index contributed by atoms with van der Waals surface area (Å²) in [5.74, 6) is 1.94. The lowest BCUT2D eigenvalue weighted by Gasteiger charge is -2.39. The van der Waals surface area contributed by atoms with Crippen molar-refractivity contribution in [2.45, 2.75) is 51.0 Å². The molecule has 0 aromatic heterocycles. The van der Waals surface area contributed by atoms with Gasteiger partial charge in [-0.2, -0.15) is 0 Å². The van der Waals surface area contributed by atoms with Gasteiger partial charge in [-0.1, -0.05) is 12.8 Å². The monoisotopic (exact) mass is 165 g/mol. The lowest BCUT2D eigenvalue weighted by molar-refractivity contribution is 0.139. The Bertz CT molecular complexity index is 189. The molecule has 0 unspecified atom stereocenters. The SMILES string of the molecule is N[C@H]1[C@@H]2CC[C@@H](C2)C12CCCC2. The smallest absolute Gasteiger partial charge is 0.0127 e.